The van der Waals surface area contributed by atoms with Crippen LogP contribution in [-0.2, 0) is 5.41 Å². The SMILES string of the molecule is Cc1ccc2c(c1)c1cc(C)ccc1n2-c1ccc2c(c1)N(c1c(-c3ccccc3)cccc1-c1ccccc1)c1cc(C(C)(C)C)cc3c1B2c1cc(-c2cccc4c2c2ccccc2n4-c2ccccc2)ccc1N3c1c(-c2ccccc2)cccc1-c1ccccc1. The van der Waals surface area contributed by atoms with Crippen LogP contribution in [0.15, 0.2) is 315 Å². The van der Waals surface area contributed by atoms with Crippen molar-refractivity contribution in [3.8, 4) is 67.0 Å². The van der Waals surface area contributed by atoms with Crippen molar-refractivity contribution in [3.05, 3.63) is 332 Å². The van der Waals surface area contributed by atoms with Crippen LogP contribution in [-0.4, -0.2) is 15.8 Å². The van der Waals surface area contributed by atoms with E-state index in [0.29, 0.717) is 0 Å². The highest BCUT2D eigenvalue weighted by atomic mass is 15.2. The Kier molecular flexibility index (Phi) is 13.0. The number of benzene rings is 14. The molecule has 2 aliphatic heterocycles. The Morgan fingerprint density at radius 2 is 0.726 bits per heavy atom. The van der Waals surface area contributed by atoms with Gasteiger partial charge in [0, 0.05) is 77.9 Å². The van der Waals surface area contributed by atoms with E-state index in [1.54, 1.807) is 0 Å². The molecule has 18 rings (SSSR count). The van der Waals surface area contributed by atoms with Crippen LogP contribution in [0.2, 0.25) is 0 Å². The summed E-state index contributed by atoms with van der Waals surface area (Å²) in [6, 6.07) is 119. The van der Waals surface area contributed by atoms with E-state index in [4.69, 9.17) is 0 Å². The molecule has 4 heterocycles. The van der Waals surface area contributed by atoms with Crippen LogP contribution in [0.4, 0.5) is 34.1 Å². The Morgan fingerprint density at radius 3 is 1.25 bits per heavy atom. The van der Waals surface area contributed by atoms with E-state index in [0.717, 1.165) is 90.0 Å². The highest BCUT2D eigenvalue weighted by molar-refractivity contribution is 7.00. The van der Waals surface area contributed by atoms with E-state index in [1.165, 1.54) is 87.8 Å². The van der Waals surface area contributed by atoms with Crippen LogP contribution in [0.1, 0.15) is 37.5 Å². The average Bonchev–Trinajstić information content (AvgIpc) is 1.25. The fourth-order valence-corrected chi connectivity index (χ4v) is 15.8. The molecule has 16 aromatic rings. The van der Waals surface area contributed by atoms with Gasteiger partial charge in [0.15, 0.2) is 0 Å². The highest BCUT2D eigenvalue weighted by Gasteiger charge is 2.46. The summed E-state index contributed by atoms with van der Waals surface area (Å²) in [5.74, 6) is 0. The normalized spacial score (nSPS) is 12.6. The van der Waals surface area contributed by atoms with Crippen molar-refractivity contribution < 1.29 is 0 Å². The van der Waals surface area contributed by atoms with Crippen molar-refractivity contribution >= 4 is 101 Å². The lowest BCUT2D eigenvalue weighted by Gasteiger charge is -2.46. The first-order valence-corrected chi connectivity index (χ1v) is 33.3. The molecule has 0 radical (unpaired) electrons. The third kappa shape index (κ3) is 8.98. The quantitative estimate of drug-likeness (QED) is 0.134. The first-order chi connectivity index (χ1) is 46.6. The lowest BCUT2D eigenvalue weighted by atomic mass is 9.33. The molecule has 0 aliphatic carbocycles. The minimum Gasteiger partial charge on any atom is -0.310 e. The summed E-state index contributed by atoms with van der Waals surface area (Å²) >= 11 is 0. The lowest BCUT2D eigenvalue weighted by Crippen LogP contribution is -2.61. The van der Waals surface area contributed by atoms with Crippen molar-refractivity contribution in [1.82, 2.24) is 9.13 Å². The molecule has 2 aromatic heterocycles. The second-order valence-corrected chi connectivity index (χ2v) is 26.9. The number of aromatic nitrogens is 2. The van der Waals surface area contributed by atoms with E-state index in [2.05, 4.69) is 369 Å². The molecular formula is C90H67BN4. The van der Waals surface area contributed by atoms with E-state index in [1.807, 2.05) is 0 Å². The number of rotatable bonds is 9. The molecule has 14 aromatic carbocycles. The van der Waals surface area contributed by atoms with Gasteiger partial charge in [-0.1, -0.05) is 268 Å². The summed E-state index contributed by atoms with van der Waals surface area (Å²) in [6.45, 7) is 11.3. The Labute approximate surface area is 555 Å². The topological polar surface area (TPSA) is 16.3 Å². The molecule has 0 saturated heterocycles. The summed E-state index contributed by atoms with van der Waals surface area (Å²) in [4.78, 5) is 5.38. The summed E-state index contributed by atoms with van der Waals surface area (Å²) in [5.41, 5.74) is 32.6. The second kappa shape index (κ2) is 22.0. The fraction of sp³-hybridized carbons (Fsp3) is 0.0667. The second-order valence-electron chi connectivity index (χ2n) is 26.9. The number of fused-ring (bicyclic) bond motifs is 10. The molecule has 0 unspecified atom stereocenters. The molecule has 0 saturated carbocycles. The highest BCUT2D eigenvalue weighted by Crippen LogP contribution is 2.54. The van der Waals surface area contributed by atoms with E-state index < -0.39 is 0 Å². The third-order valence-corrected chi connectivity index (χ3v) is 20.1. The molecule has 95 heavy (non-hydrogen) atoms. The molecule has 0 fully saturated rings. The van der Waals surface area contributed by atoms with Crippen LogP contribution in [0, 0.1) is 13.8 Å². The number of aryl methyl sites for hydroxylation is 2. The van der Waals surface area contributed by atoms with Gasteiger partial charge in [0.1, 0.15) is 0 Å². The van der Waals surface area contributed by atoms with Crippen molar-refractivity contribution in [2.45, 2.75) is 40.0 Å². The van der Waals surface area contributed by atoms with Gasteiger partial charge < -0.3 is 18.9 Å². The van der Waals surface area contributed by atoms with E-state index in [-0.39, 0.29) is 12.1 Å². The lowest BCUT2D eigenvalue weighted by molar-refractivity contribution is 0.590. The number of nitrogens with zero attached hydrogens (tertiary/aromatic N) is 4. The van der Waals surface area contributed by atoms with Crippen molar-refractivity contribution in [2.75, 3.05) is 9.80 Å². The Morgan fingerprint density at radius 1 is 0.284 bits per heavy atom. The molecular weight excluding hydrogens is 1150 g/mol. The molecule has 4 nitrogen and oxygen atoms in total. The minimum atomic E-state index is -0.288. The molecule has 0 amide bonds. The maximum Gasteiger partial charge on any atom is 0.252 e. The minimum absolute atomic E-state index is 0.234. The smallest absolute Gasteiger partial charge is 0.252 e. The molecule has 2 aliphatic rings. The van der Waals surface area contributed by atoms with Gasteiger partial charge in [-0.2, -0.15) is 0 Å². The summed E-state index contributed by atoms with van der Waals surface area (Å²) in [7, 11) is 0. The maximum absolute atomic E-state index is 2.70. The molecule has 0 atom stereocenters. The summed E-state index contributed by atoms with van der Waals surface area (Å²) < 4.78 is 4.96. The number of anilines is 6. The van der Waals surface area contributed by atoms with Gasteiger partial charge in [-0.05, 0) is 153 Å². The largest absolute Gasteiger partial charge is 0.310 e. The number of para-hydroxylation sites is 4. The third-order valence-electron chi connectivity index (χ3n) is 20.1. The van der Waals surface area contributed by atoms with E-state index >= 15 is 0 Å². The zero-order valence-corrected chi connectivity index (χ0v) is 53.9. The number of hydrogen-bond donors (Lipinski definition) is 0. The first-order valence-electron chi connectivity index (χ1n) is 33.3. The van der Waals surface area contributed by atoms with Gasteiger partial charge >= 0.3 is 0 Å². The van der Waals surface area contributed by atoms with Crippen LogP contribution < -0.4 is 26.2 Å². The van der Waals surface area contributed by atoms with Crippen LogP contribution in [0.25, 0.3) is 111 Å². The molecule has 0 N–H and O–H groups in total. The standard InChI is InChI=1S/C90H67BN4/c1-58-44-49-79-74(52-58)75-53-59(2)45-50-80(75)93(79)67-47-48-76-83(57-67)95(89-71(62-30-15-8-16-31-62)40-24-41-72(89)63-32-17-9-18-33-63)85-56-65(90(3,4)5)55-84-87(85)91(76)77-54-64(68-37-25-43-82-86(68)73-36-21-22-42-78(73)92(82)66-34-19-10-20-35-66)46-51-81(77)94(84)88-69(60-26-11-6-12-27-60)38-23-39-70(88)61-28-13-7-14-29-61/h6-57H,1-5H3. The van der Waals surface area contributed by atoms with Gasteiger partial charge in [-0.15, -0.1) is 0 Å². The Balaban J connectivity index is 1.01. The maximum atomic E-state index is 2.70. The summed E-state index contributed by atoms with van der Waals surface area (Å²) in [5, 5.41) is 4.97. The zero-order chi connectivity index (χ0) is 63.6. The van der Waals surface area contributed by atoms with Crippen LogP contribution in [0.3, 0.4) is 0 Å². The van der Waals surface area contributed by atoms with Gasteiger partial charge in [-0.3, -0.25) is 0 Å². The Hall–Kier alpha value is -11.7. The zero-order valence-electron chi connectivity index (χ0n) is 53.9. The van der Waals surface area contributed by atoms with Gasteiger partial charge in [0.05, 0.1) is 33.4 Å². The van der Waals surface area contributed by atoms with Gasteiger partial charge in [-0.25, -0.2) is 0 Å². The summed E-state index contributed by atoms with van der Waals surface area (Å²) in [6.07, 6.45) is 0. The number of hydrogen-bond acceptors (Lipinski definition) is 2. The first kappa shape index (κ1) is 56.1. The van der Waals surface area contributed by atoms with Crippen molar-refractivity contribution in [3.63, 3.8) is 0 Å². The Bertz CT molecular complexity index is 5550. The fourth-order valence-electron chi connectivity index (χ4n) is 15.8. The molecule has 0 spiro atoms. The van der Waals surface area contributed by atoms with Gasteiger partial charge in [0.25, 0.3) is 6.71 Å². The molecule has 0 bridgehead atoms. The molecule has 450 valence electrons. The van der Waals surface area contributed by atoms with Crippen molar-refractivity contribution in [1.29, 1.82) is 0 Å². The molecule has 5 heteroatoms. The predicted octanol–water partition coefficient (Wildman–Crippen LogP) is 22.2. The van der Waals surface area contributed by atoms with E-state index in [9.17, 15) is 0 Å². The monoisotopic (exact) mass is 1210 g/mol. The van der Waals surface area contributed by atoms with Crippen LogP contribution in [0.5, 0.6) is 0 Å². The van der Waals surface area contributed by atoms with Gasteiger partial charge in [0.2, 0.25) is 0 Å². The van der Waals surface area contributed by atoms with Crippen molar-refractivity contribution in [2.24, 2.45) is 0 Å². The predicted molar refractivity (Wildman–Crippen MR) is 404 cm³/mol. The average molecular weight is 1220 g/mol. The van der Waals surface area contributed by atoms with Crippen LogP contribution >= 0.6 is 0 Å².